The van der Waals surface area contributed by atoms with Crippen LogP contribution in [0.15, 0.2) is 18.2 Å². The van der Waals surface area contributed by atoms with Gasteiger partial charge in [-0.05, 0) is 25.0 Å². The summed E-state index contributed by atoms with van der Waals surface area (Å²) in [6.07, 6.45) is 0.421. The molecule has 24 heavy (non-hydrogen) atoms. The number of aliphatic hydroxyl groups excluding tert-OH is 1. The molecule has 2 aliphatic rings. The number of halogens is 2. The Hall–Kier alpha value is -1.73. The number of hydrogen-bond donors (Lipinski definition) is 1. The summed E-state index contributed by atoms with van der Waals surface area (Å²) >= 11 is 0. The molecule has 0 unspecified atom stereocenters. The zero-order valence-corrected chi connectivity index (χ0v) is 13.6. The third-order valence-electron chi connectivity index (χ3n) is 5.06. The summed E-state index contributed by atoms with van der Waals surface area (Å²) in [4.78, 5) is 15.6. The Morgan fingerprint density at radius 1 is 1.21 bits per heavy atom. The van der Waals surface area contributed by atoms with E-state index in [0.29, 0.717) is 39.0 Å². The number of methoxy groups -OCH3 is 1. The Labute approximate surface area is 139 Å². The van der Waals surface area contributed by atoms with Crippen molar-refractivity contribution in [3.63, 3.8) is 0 Å². The minimum absolute atomic E-state index is 0.0893. The molecule has 1 saturated heterocycles. The van der Waals surface area contributed by atoms with E-state index in [2.05, 4.69) is 4.90 Å². The third-order valence-corrected chi connectivity index (χ3v) is 5.06. The fraction of sp³-hybridized carbons (Fsp3) is 0.588. The van der Waals surface area contributed by atoms with Gasteiger partial charge in [-0.2, -0.15) is 0 Å². The molecule has 1 aliphatic carbocycles. The van der Waals surface area contributed by atoms with Crippen LogP contribution in [0.1, 0.15) is 12.8 Å². The molecular formula is C17H22F2N2O3. The number of carbonyl (C=O) groups is 1. The van der Waals surface area contributed by atoms with Gasteiger partial charge in [0.25, 0.3) is 0 Å². The second-order valence-electron chi connectivity index (χ2n) is 6.44. The van der Waals surface area contributed by atoms with E-state index in [1.165, 1.54) is 13.2 Å². The van der Waals surface area contributed by atoms with E-state index in [0.717, 1.165) is 12.1 Å². The van der Waals surface area contributed by atoms with Gasteiger partial charge in [-0.1, -0.05) is 0 Å². The van der Waals surface area contributed by atoms with E-state index >= 15 is 0 Å². The highest BCUT2D eigenvalue weighted by atomic mass is 19.1. The maximum atomic E-state index is 13.9. The molecule has 1 N–H and O–H groups in total. The zero-order valence-electron chi connectivity index (χ0n) is 13.6. The minimum atomic E-state index is -0.563. The maximum Gasteiger partial charge on any atom is 0.308 e. The Bertz CT molecular complexity index is 605. The fourth-order valence-corrected chi connectivity index (χ4v) is 3.77. The highest BCUT2D eigenvalue weighted by Gasteiger charge is 2.41. The van der Waals surface area contributed by atoms with Crippen molar-refractivity contribution in [1.82, 2.24) is 4.90 Å². The first kappa shape index (κ1) is 17.1. The molecule has 132 valence electrons. The minimum Gasteiger partial charge on any atom is -0.469 e. The quantitative estimate of drug-likeness (QED) is 0.843. The van der Waals surface area contributed by atoms with Crippen LogP contribution in [0.4, 0.5) is 14.5 Å². The molecule has 1 saturated carbocycles. The first-order valence-corrected chi connectivity index (χ1v) is 8.19. The van der Waals surface area contributed by atoms with Crippen LogP contribution in [-0.2, 0) is 9.53 Å². The molecule has 2 fully saturated rings. The van der Waals surface area contributed by atoms with Gasteiger partial charge in [-0.25, -0.2) is 8.78 Å². The summed E-state index contributed by atoms with van der Waals surface area (Å²) in [5, 5.41) is 10.2. The number of aliphatic hydroxyl groups is 1. The van der Waals surface area contributed by atoms with E-state index in [9.17, 15) is 18.7 Å². The van der Waals surface area contributed by atoms with Gasteiger partial charge in [0.2, 0.25) is 0 Å². The van der Waals surface area contributed by atoms with E-state index in [1.807, 2.05) is 4.90 Å². The monoisotopic (exact) mass is 340 g/mol. The van der Waals surface area contributed by atoms with Gasteiger partial charge >= 0.3 is 5.97 Å². The van der Waals surface area contributed by atoms with Crippen LogP contribution in [0.5, 0.6) is 0 Å². The van der Waals surface area contributed by atoms with Crippen LogP contribution in [0.25, 0.3) is 0 Å². The summed E-state index contributed by atoms with van der Waals surface area (Å²) in [7, 11) is 1.36. The van der Waals surface area contributed by atoms with Crippen molar-refractivity contribution in [2.75, 3.05) is 38.2 Å². The lowest BCUT2D eigenvalue weighted by Crippen LogP contribution is -2.52. The Kier molecular flexibility index (Phi) is 5.01. The van der Waals surface area contributed by atoms with Gasteiger partial charge in [0.1, 0.15) is 11.6 Å². The van der Waals surface area contributed by atoms with Crippen molar-refractivity contribution in [3.05, 3.63) is 29.8 Å². The lowest BCUT2D eigenvalue weighted by molar-refractivity contribution is -0.145. The van der Waals surface area contributed by atoms with Crippen molar-refractivity contribution in [3.8, 4) is 0 Å². The zero-order chi connectivity index (χ0) is 17.3. The number of hydrogen-bond acceptors (Lipinski definition) is 5. The average Bonchev–Trinajstić information content (AvgIpc) is 2.98. The summed E-state index contributed by atoms with van der Waals surface area (Å²) in [5.74, 6) is -1.44. The molecule has 0 aromatic heterocycles. The number of rotatable bonds is 3. The molecule has 1 aliphatic heterocycles. The Morgan fingerprint density at radius 3 is 2.58 bits per heavy atom. The molecule has 3 atom stereocenters. The van der Waals surface area contributed by atoms with E-state index < -0.39 is 17.7 Å². The second kappa shape index (κ2) is 7.03. The highest BCUT2D eigenvalue weighted by Crippen LogP contribution is 2.32. The number of anilines is 1. The smallest absolute Gasteiger partial charge is 0.308 e. The molecule has 5 nitrogen and oxygen atoms in total. The predicted molar refractivity (Wildman–Crippen MR) is 84.7 cm³/mol. The van der Waals surface area contributed by atoms with Gasteiger partial charge in [-0.15, -0.1) is 0 Å². The summed E-state index contributed by atoms with van der Waals surface area (Å²) in [5.41, 5.74) is 0.272. The number of carbonyl (C=O) groups excluding carboxylic acids is 1. The standard InChI is InChI=1S/C17H22F2N2O3/c1-24-17(23)11-8-15(16(22)9-11)21-6-4-20(5-7-21)14-10-12(18)2-3-13(14)19/h2-3,10-11,15-16,22H,4-9H2,1H3/t11-,15-,16-/m0/s1. The number of benzene rings is 1. The molecular weight excluding hydrogens is 318 g/mol. The summed E-state index contributed by atoms with van der Waals surface area (Å²) in [6, 6.07) is 3.37. The van der Waals surface area contributed by atoms with E-state index in [4.69, 9.17) is 4.74 Å². The lowest BCUT2D eigenvalue weighted by atomic mass is 10.1. The van der Waals surface area contributed by atoms with E-state index in [-0.39, 0.29) is 23.6 Å². The molecule has 1 aromatic carbocycles. The van der Waals surface area contributed by atoms with Crippen molar-refractivity contribution < 1.29 is 23.4 Å². The van der Waals surface area contributed by atoms with Gasteiger partial charge in [0, 0.05) is 38.3 Å². The van der Waals surface area contributed by atoms with Crippen LogP contribution >= 0.6 is 0 Å². The topological polar surface area (TPSA) is 53.0 Å². The molecule has 3 rings (SSSR count). The third kappa shape index (κ3) is 3.37. The molecule has 7 heteroatoms. The Morgan fingerprint density at radius 2 is 1.92 bits per heavy atom. The van der Waals surface area contributed by atoms with Crippen LogP contribution in [0.2, 0.25) is 0 Å². The molecule has 1 heterocycles. The molecule has 0 spiro atoms. The number of ether oxygens (including phenoxy) is 1. The maximum absolute atomic E-state index is 13.9. The number of esters is 1. The largest absolute Gasteiger partial charge is 0.469 e. The van der Waals surface area contributed by atoms with E-state index in [1.54, 1.807) is 0 Å². The SMILES string of the molecule is COC(=O)[C@@H]1C[C@H](O)[C@@H](N2CCN(c3cc(F)ccc3F)CC2)C1. The summed E-state index contributed by atoms with van der Waals surface area (Å²) < 4.78 is 32.0. The van der Waals surface area contributed by atoms with Gasteiger partial charge in [0.05, 0.1) is 24.8 Å². The number of nitrogens with zero attached hydrogens (tertiary/aromatic N) is 2. The molecule has 0 amide bonds. The normalized spacial score (nSPS) is 28.2. The molecule has 1 aromatic rings. The highest BCUT2D eigenvalue weighted by molar-refractivity contribution is 5.72. The number of piperazine rings is 1. The first-order chi connectivity index (χ1) is 11.5. The molecule has 0 radical (unpaired) electrons. The van der Waals surface area contributed by atoms with Crippen LogP contribution in [-0.4, -0.2) is 61.4 Å². The van der Waals surface area contributed by atoms with Gasteiger partial charge < -0.3 is 14.7 Å². The van der Waals surface area contributed by atoms with Gasteiger partial charge in [0.15, 0.2) is 0 Å². The second-order valence-corrected chi connectivity index (χ2v) is 6.44. The molecule has 0 bridgehead atoms. The van der Waals surface area contributed by atoms with Crippen molar-refractivity contribution in [2.24, 2.45) is 5.92 Å². The average molecular weight is 340 g/mol. The van der Waals surface area contributed by atoms with Crippen molar-refractivity contribution in [2.45, 2.75) is 25.0 Å². The summed E-state index contributed by atoms with van der Waals surface area (Å²) in [6.45, 7) is 2.36. The predicted octanol–water partition coefficient (Wildman–Crippen LogP) is 1.40. The first-order valence-electron chi connectivity index (χ1n) is 8.19. The van der Waals surface area contributed by atoms with Crippen LogP contribution in [0.3, 0.4) is 0 Å². The lowest BCUT2D eigenvalue weighted by Gasteiger charge is -2.40. The van der Waals surface area contributed by atoms with Crippen molar-refractivity contribution in [1.29, 1.82) is 0 Å². The Balaban J connectivity index is 1.61. The van der Waals surface area contributed by atoms with Crippen LogP contribution < -0.4 is 4.90 Å². The van der Waals surface area contributed by atoms with Crippen molar-refractivity contribution >= 4 is 11.7 Å². The van der Waals surface area contributed by atoms with Crippen LogP contribution in [0, 0.1) is 17.6 Å². The fourth-order valence-electron chi connectivity index (χ4n) is 3.77. The van der Waals surface area contributed by atoms with Gasteiger partial charge in [-0.3, -0.25) is 9.69 Å².